The number of fused-ring (bicyclic) bond motifs is 2. The number of benzene rings is 1. The van der Waals surface area contributed by atoms with Crippen LogP contribution in [-0.2, 0) is 20.9 Å². The lowest BCUT2D eigenvalue weighted by atomic mass is 9.73. The van der Waals surface area contributed by atoms with Crippen LogP contribution in [0.4, 0.5) is 4.39 Å². The highest BCUT2D eigenvalue weighted by molar-refractivity contribution is 5.87. The van der Waals surface area contributed by atoms with Crippen molar-refractivity contribution in [2.45, 2.75) is 109 Å². The number of rotatable bonds is 8. The van der Waals surface area contributed by atoms with Crippen LogP contribution in [0.15, 0.2) is 36.5 Å². The van der Waals surface area contributed by atoms with Gasteiger partial charge in [-0.25, -0.2) is 14.2 Å². The topological polar surface area (TPSA) is 89.0 Å². The molecule has 1 saturated heterocycles. The van der Waals surface area contributed by atoms with Crippen LogP contribution in [-0.4, -0.2) is 46.1 Å². The average molecular weight is 607 g/mol. The molecule has 238 valence electrons. The summed E-state index contributed by atoms with van der Waals surface area (Å²) in [5.74, 6) is -0.205. The first kappa shape index (κ1) is 31.0. The van der Waals surface area contributed by atoms with Crippen molar-refractivity contribution in [3.63, 3.8) is 0 Å². The summed E-state index contributed by atoms with van der Waals surface area (Å²) in [7, 11) is 1.59. The zero-order chi connectivity index (χ0) is 31.2. The average Bonchev–Trinajstić information content (AvgIpc) is 3.73. The van der Waals surface area contributed by atoms with Crippen LogP contribution in [0.5, 0.6) is 5.88 Å². The molecule has 8 heteroatoms. The molecule has 1 aromatic heterocycles. The number of ether oxygens (including phenoxy) is 2. The number of aromatic nitrogens is 1. The van der Waals surface area contributed by atoms with Crippen molar-refractivity contribution in [3.8, 4) is 5.88 Å². The number of methoxy groups -OCH3 is 1. The van der Waals surface area contributed by atoms with Crippen LogP contribution in [0.3, 0.4) is 0 Å². The van der Waals surface area contributed by atoms with E-state index in [2.05, 4.69) is 11.1 Å². The molecule has 4 fully saturated rings. The van der Waals surface area contributed by atoms with Crippen molar-refractivity contribution >= 4 is 11.9 Å². The van der Waals surface area contributed by atoms with Crippen LogP contribution in [0.25, 0.3) is 0 Å². The van der Waals surface area contributed by atoms with Gasteiger partial charge in [-0.15, -0.1) is 0 Å². The summed E-state index contributed by atoms with van der Waals surface area (Å²) >= 11 is 0. The fraction of sp³-hybridized carbons (Fsp3) is 0.639. The minimum absolute atomic E-state index is 0.116. The van der Waals surface area contributed by atoms with E-state index in [0.29, 0.717) is 23.3 Å². The predicted molar refractivity (Wildman–Crippen MR) is 164 cm³/mol. The van der Waals surface area contributed by atoms with E-state index in [1.165, 1.54) is 42.2 Å². The number of halogens is 1. The summed E-state index contributed by atoms with van der Waals surface area (Å²) in [6.45, 7) is 6.06. The summed E-state index contributed by atoms with van der Waals surface area (Å²) < 4.78 is 28.1. The Hall–Kier alpha value is -3.00. The van der Waals surface area contributed by atoms with Crippen LogP contribution in [0.2, 0.25) is 0 Å². The molecular formula is C36H47FN2O5. The molecule has 3 saturated carbocycles. The van der Waals surface area contributed by atoms with E-state index in [4.69, 9.17) is 9.47 Å². The molecule has 1 N–H and O–H groups in total. The molecule has 7 atom stereocenters. The highest BCUT2D eigenvalue weighted by atomic mass is 19.1. The number of aliphatic carboxylic acids is 1. The maximum atomic E-state index is 15.7. The summed E-state index contributed by atoms with van der Waals surface area (Å²) in [6, 6.07) is 6.50. The number of carboxylic acid groups (broad SMARTS) is 1. The Morgan fingerprint density at radius 3 is 2.43 bits per heavy atom. The minimum Gasteiger partial charge on any atom is -0.481 e. The molecule has 1 aliphatic heterocycles. The minimum atomic E-state index is -1.15. The van der Waals surface area contributed by atoms with Crippen molar-refractivity contribution in [2.24, 2.45) is 29.1 Å². The number of hydrogen-bond acceptors (Lipinski definition) is 5. The highest BCUT2D eigenvalue weighted by Gasteiger charge is 2.59. The number of hydrogen-bond donors (Lipinski definition) is 1. The van der Waals surface area contributed by atoms with Gasteiger partial charge >= 0.3 is 5.97 Å². The Bertz CT molecular complexity index is 1370. The maximum absolute atomic E-state index is 15.7. The van der Waals surface area contributed by atoms with Crippen LogP contribution in [0, 0.1) is 34.9 Å². The standard InChI is InChI=1S/C36H47FN2O5/c1-36(2,3)29-31(35(41)42)39(34(40)22-10-6-5-7-11-22)30(26-12-8-9-13-28(26)37)32(29)44-20-25-18-24(19-38-33(25)43-4)27-17-21-14-15-23(27)16-21/h8-9,12-13,18-19,21-23,27,29-32H,5-7,10-11,14-17,20H2,1-4H3,(H,41,42)/t21?,23?,27?,29-,30+,31+,32+/m1/s1. The van der Waals surface area contributed by atoms with E-state index in [0.717, 1.165) is 43.6 Å². The van der Waals surface area contributed by atoms with Gasteiger partial charge in [0.1, 0.15) is 11.9 Å². The van der Waals surface area contributed by atoms with E-state index in [9.17, 15) is 14.7 Å². The van der Waals surface area contributed by atoms with Crippen molar-refractivity contribution in [2.75, 3.05) is 7.11 Å². The third-order valence-electron chi connectivity index (χ3n) is 11.0. The maximum Gasteiger partial charge on any atom is 0.326 e. The number of carboxylic acids is 1. The Balaban J connectivity index is 1.39. The second kappa shape index (κ2) is 12.4. The molecule has 44 heavy (non-hydrogen) atoms. The SMILES string of the molecule is COc1ncc(C2CC3CCC2C3)cc1CO[C@H]1[C@H](C(C)(C)C)[C@@H](C(=O)O)N(C(=O)C2CCCCC2)[C@H]1c1ccccc1F. The third-order valence-corrected chi connectivity index (χ3v) is 11.0. The molecule has 6 rings (SSSR count). The molecular weight excluding hydrogens is 559 g/mol. The van der Waals surface area contributed by atoms with Crippen LogP contribution < -0.4 is 4.74 Å². The lowest BCUT2D eigenvalue weighted by Crippen LogP contribution is -2.49. The van der Waals surface area contributed by atoms with Gasteiger partial charge in [0.2, 0.25) is 11.8 Å². The Morgan fingerprint density at radius 2 is 1.82 bits per heavy atom. The molecule has 1 aromatic carbocycles. The van der Waals surface area contributed by atoms with Crippen molar-refractivity contribution in [1.29, 1.82) is 0 Å². The second-order valence-corrected chi connectivity index (χ2v) is 14.7. The molecule has 0 spiro atoms. The number of carbonyl (C=O) groups excluding carboxylic acids is 1. The highest BCUT2D eigenvalue weighted by Crippen LogP contribution is 2.54. The monoisotopic (exact) mass is 606 g/mol. The second-order valence-electron chi connectivity index (χ2n) is 14.7. The first-order chi connectivity index (χ1) is 21.1. The van der Waals surface area contributed by atoms with Gasteiger partial charge in [-0.2, -0.15) is 0 Å². The molecule has 0 radical (unpaired) electrons. The van der Waals surface area contributed by atoms with E-state index >= 15 is 4.39 Å². The molecule has 2 heterocycles. The number of nitrogens with zero attached hydrogens (tertiary/aromatic N) is 2. The zero-order valence-corrected chi connectivity index (χ0v) is 26.5. The van der Waals surface area contributed by atoms with Crippen molar-refractivity contribution < 1.29 is 28.6 Å². The third kappa shape index (κ3) is 5.75. The quantitative estimate of drug-likeness (QED) is 0.339. The van der Waals surface area contributed by atoms with Crippen LogP contribution >= 0.6 is 0 Å². The predicted octanol–water partition coefficient (Wildman–Crippen LogP) is 7.30. The molecule has 2 aromatic rings. The smallest absolute Gasteiger partial charge is 0.326 e. The van der Waals surface area contributed by atoms with E-state index in [-0.39, 0.29) is 18.4 Å². The van der Waals surface area contributed by atoms with Gasteiger partial charge in [-0.05, 0) is 73.0 Å². The lowest BCUT2D eigenvalue weighted by Gasteiger charge is -2.35. The fourth-order valence-electron chi connectivity index (χ4n) is 9.04. The van der Waals surface area contributed by atoms with Gasteiger partial charge in [-0.3, -0.25) is 4.79 Å². The van der Waals surface area contributed by atoms with Crippen molar-refractivity contribution in [3.05, 3.63) is 59.0 Å². The summed E-state index contributed by atoms with van der Waals surface area (Å²) in [5.41, 5.74) is 1.71. The lowest BCUT2D eigenvalue weighted by molar-refractivity contribution is -0.154. The number of amides is 1. The first-order valence-corrected chi connectivity index (χ1v) is 16.5. The number of likely N-dealkylation sites (tertiary alicyclic amines) is 1. The van der Waals surface area contributed by atoms with E-state index in [1.807, 2.05) is 27.0 Å². The number of pyridine rings is 1. The van der Waals surface area contributed by atoms with Gasteiger partial charge in [0.05, 0.1) is 25.9 Å². The Morgan fingerprint density at radius 1 is 1.07 bits per heavy atom. The van der Waals surface area contributed by atoms with Gasteiger partial charge in [0.25, 0.3) is 0 Å². The molecule has 4 aliphatic rings. The zero-order valence-electron chi connectivity index (χ0n) is 26.5. The van der Waals surface area contributed by atoms with E-state index in [1.54, 1.807) is 25.3 Å². The first-order valence-electron chi connectivity index (χ1n) is 16.5. The summed E-state index contributed by atoms with van der Waals surface area (Å²) in [6.07, 6.45) is 10.6. The Kier molecular flexibility index (Phi) is 8.75. The molecule has 2 bridgehead atoms. The van der Waals surface area contributed by atoms with Gasteiger partial charge in [0, 0.05) is 29.2 Å². The van der Waals surface area contributed by atoms with Crippen molar-refractivity contribution in [1.82, 2.24) is 9.88 Å². The Labute approximate surface area is 260 Å². The summed E-state index contributed by atoms with van der Waals surface area (Å²) in [4.78, 5) is 33.6. The fourth-order valence-corrected chi connectivity index (χ4v) is 9.04. The van der Waals surface area contributed by atoms with Crippen LogP contribution in [0.1, 0.15) is 107 Å². The van der Waals surface area contributed by atoms with Gasteiger partial charge in [-0.1, -0.05) is 64.7 Å². The molecule has 7 nitrogen and oxygen atoms in total. The summed E-state index contributed by atoms with van der Waals surface area (Å²) in [5, 5.41) is 10.7. The molecule has 1 amide bonds. The van der Waals surface area contributed by atoms with Gasteiger partial charge in [0.15, 0.2) is 0 Å². The molecule has 3 unspecified atom stereocenters. The normalized spacial score (nSPS) is 30.6. The van der Waals surface area contributed by atoms with Gasteiger partial charge < -0.3 is 19.5 Å². The molecule has 3 aliphatic carbocycles. The number of carbonyl (C=O) groups is 2. The largest absolute Gasteiger partial charge is 0.481 e. The van der Waals surface area contributed by atoms with E-state index < -0.39 is 41.3 Å².